The van der Waals surface area contributed by atoms with E-state index in [1.54, 1.807) is 0 Å². The summed E-state index contributed by atoms with van der Waals surface area (Å²) in [6.07, 6.45) is 7.23. The van der Waals surface area contributed by atoms with Crippen LogP contribution in [0.15, 0.2) is 12.1 Å². The van der Waals surface area contributed by atoms with Crippen LogP contribution in [0.5, 0.6) is 0 Å². The molecular weight excluding hydrogens is 194 g/mol. The molecule has 1 nitrogen and oxygen atoms in total. The molecule has 2 N–H and O–H groups in total. The van der Waals surface area contributed by atoms with Gasteiger partial charge >= 0.3 is 0 Å². The van der Waals surface area contributed by atoms with E-state index in [0.717, 1.165) is 19.3 Å². The van der Waals surface area contributed by atoms with Gasteiger partial charge < -0.3 is 5.73 Å². The van der Waals surface area contributed by atoms with Gasteiger partial charge in [-0.1, -0.05) is 32.4 Å². The molecule has 2 rings (SSSR count). The molecule has 1 atom stereocenters. The monoisotopic (exact) mass is 217 g/mol. The van der Waals surface area contributed by atoms with E-state index in [9.17, 15) is 0 Å². The van der Waals surface area contributed by atoms with Crippen molar-refractivity contribution in [3.05, 3.63) is 34.4 Å². The summed E-state index contributed by atoms with van der Waals surface area (Å²) >= 11 is 0. The molecule has 0 heterocycles. The number of nitrogens with two attached hydrogens (primary N) is 1. The van der Waals surface area contributed by atoms with Gasteiger partial charge in [0.1, 0.15) is 0 Å². The summed E-state index contributed by atoms with van der Waals surface area (Å²) in [5.41, 5.74) is 12.2. The van der Waals surface area contributed by atoms with Crippen LogP contribution in [0.3, 0.4) is 0 Å². The van der Waals surface area contributed by atoms with Gasteiger partial charge in [-0.05, 0) is 54.4 Å². The molecule has 1 aliphatic rings. The van der Waals surface area contributed by atoms with Gasteiger partial charge in [-0.2, -0.15) is 0 Å². The highest BCUT2D eigenvalue weighted by Gasteiger charge is 2.16. The van der Waals surface area contributed by atoms with Gasteiger partial charge in [0.05, 0.1) is 0 Å². The second kappa shape index (κ2) is 5.01. The topological polar surface area (TPSA) is 26.0 Å². The molecule has 88 valence electrons. The highest BCUT2D eigenvalue weighted by Crippen LogP contribution is 2.29. The zero-order valence-corrected chi connectivity index (χ0v) is 10.6. The molecule has 1 aliphatic carbocycles. The highest BCUT2D eigenvalue weighted by atomic mass is 14.6. The van der Waals surface area contributed by atoms with Crippen LogP contribution in [0.4, 0.5) is 0 Å². The van der Waals surface area contributed by atoms with Crippen LogP contribution in [0.2, 0.25) is 0 Å². The van der Waals surface area contributed by atoms with Crippen molar-refractivity contribution in [1.29, 1.82) is 0 Å². The molecular formula is C15H23N. The Morgan fingerprint density at radius 2 is 1.81 bits per heavy atom. The van der Waals surface area contributed by atoms with Gasteiger partial charge in [-0.3, -0.25) is 0 Å². The standard InChI is InChI=1S/C15H23N/c1-3-11-9-13-7-5-6-8-15(16)14(13)10-12(11)4-2/h9-10,15H,3-8,16H2,1-2H3/t15-/m1/s1. The van der Waals surface area contributed by atoms with E-state index in [1.807, 2.05) is 0 Å². The van der Waals surface area contributed by atoms with Gasteiger partial charge in [0.2, 0.25) is 0 Å². The Hall–Kier alpha value is -0.820. The Balaban J connectivity index is 2.47. The van der Waals surface area contributed by atoms with Crippen molar-refractivity contribution >= 4 is 0 Å². The fraction of sp³-hybridized carbons (Fsp3) is 0.600. The molecule has 0 aromatic heterocycles. The largest absolute Gasteiger partial charge is 0.324 e. The minimum absolute atomic E-state index is 0.272. The van der Waals surface area contributed by atoms with Crippen molar-refractivity contribution in [2.24, 2.45) is 5.73 Å². The third kappa shape index (κ3) is 2.15. The highest BCUT2D eigenvalue weighted by molar-refractivity contribution is 5.41. The molecule has 1 aromatic carbocycles. The van der Waals surface area contributed by atoms with Crippen molar-refractivity contribution in [1.82, 2.24) is 0 Å². The number of rotatable bonds is 2. The lowest BCUT2D eigenvalue weighted by molar-refractivity contribution is 0.615. The molecule has 0 saturated carbocycles. The van der Waals surface area contributed by atoms with Gasteiger partial charge in [0, 0.05) is 6.04 Å². The first-order valence-corrected chi connectivity index (χ1v) is 6.66. The predicted molar refractivity (Wildman–Crippen MR) is 69.7 cm³/mol. The Bertz CT molecular complexity index is 368. The van der Waals surface area contributed by atoms with Crippen molar-refractivity contribution in [3.63, 3.8) is 0 Å². The second-order valence-corrected chi connectivity index (χ2v) is 4.88. The summed E-state index contributed by atoms with van der Waals surface area (Å²) in [5.74, 6) is 0. The van der Waals surface area contributed by atoms with E-state index in [2.05, 4.69) is 26.0 Å². The molecule has 0 spiro atoms. The molecule has 0 fully saturated rings. The quantitative estimate of drug-likeness (QED) is 0.753. The SMILES string of the molecule is CCc1cc2c(cc1CC)[C@H](N)CCCC2. The van der Waals surface area contributed by atoms with Crippen molar-refractivity contribution in [2.75, 3.05) is 0 Å². The van der Waals surface area contributed by atoms with E-state index >= 15 is 0 Å². The van der Waals surface area contributed by atoms with Crippen molar-refractivity contribution < 1.29 is 0 Å². The summed E-state index contributed by atoms with van der Waals surface area (Å²) in [7, 11) is 0. The Morgan fingerprint density at radius 1 is 1.12 bits per heavy atom. The molecule has 1 heteroatoms. The normalized spacial score (nSPS) is 20.3. The molecule has 0 unspecified atom stereocenters. The number of fused-ring (bicyclic) bond motifs is 1. The maximum atomic E-state index is 6.26. The second-order valence-electron chi connectivity index (χ2n) is 4.88. The fourth-order valence-corrected chi connectivity index (χ4v) is 2.81. The first kappa shape index (κ1) is 11.7. The summed E-state index contributed by atoms with van der Waals surface area (Å²) in [6.45, 7) is 4.49. The Labute approximate surface area is 99.0 Å². The van der Waals surface area contributed by atoms with Crippen LogP contribution in [0.25, 0.3) is 0 Å². The van der Waals surface area contributed by atoms with Crippen LogP contribution in [-0.4, -0.2) is 0 Å². The first-order chi connectivity index (χ1) is 7.76. The van der Waals surface area contributed by atoms with Crippen LogP contribution in [0.1, 0.15) is 61.4 Å². The summed E-state index contributed by atoms with van der Waals surface area (Å²) in [6, 6.07) is 5.07. The predicted octanol–water partition coefficient (Wildman–Crippen LogP) is 3.54. The van der Waals surface area contributed by atoms with E-state index in [4.69, 9.17) is 5.73 Å². The van der Waals surface area contributed by atoms with E-state index in [0.29, 0.717) is 0 Å². The van der Waals surface area contributed by atoms with Gasteiger partial charge in [0.15, 0.2) is 0 Å². The molecule has 0 amide bonds. The fourth-order valence-electron chi connectivity index (χ4n) is 2.81. The van der Waals surface area contributed by atoms with Gasteiger partial charge in [0.25, 0.3) is 0 Å². The number of hydrogen-bond donors (Lipinski definition) is 1. The van der Waals surface area contributed by atoms with Crippen molar-refractivity contribution in [3.8, 4) is 0 Å². The summed E-state index contributed by atoms with van der Waals surface area (Å²) in [4.78, 5) is 0. The molecule has 16 heavy (non-hydrogen) atoms. The lowest BCUT2D eigenvalue weighted by Crippen LogP contribution is -2.11. The number of benzene rings is 1. The van der Waals surface area contributed by atoms with Gasteiger partial charge in [-0.25, -0.2) is 0 Å². The van der Waals surface area contributed by atoms with Crippen molar-refractivity contribution in [2.45, 2.75) is 58.4 Å². The molecule has 0 radical (unpaired) electrons. The lowest BCUT2D eigenvalue weighted by atomic mass is 9.91. The Morgan fingerprint density at radius 3 is 2.50 bits per heavy atom. The lowest BCUT2D eigenvalue weighted by Gasteiger charge is -2.17. The van der Waals surface area contributed by atoms with Crippen LogP contribution < -0.4 is 5.73 Å². The Kier molecular flexibility index (Phi) is 3.65. The summed E-state index contributed by atoms with van der Waals surface area (Å²) in [5, 5.41) is 0. The van der Waals surface area contributed by atoms with E-state index in [1.165, 1.54) is 41.5 Å². The maximum absolute atomic E-state index is 6.26. The third-order valence-electron chi connectivity index (χ3n) is 3.83. The third-order valence-corrected chi connectivity index (χ3v) is 3.83. The summed E-state index contributed by atoms with van der Waals surface area (Å²) < 4.78 is 0. The maximum Gasteiger partial charge on any atom is 0.0297 e. The smallest absolute Gasteiger partial charge is 0.0297 e. The minimum Gasteiger partial charge on any atom is -0.324 e. The first-order valence-electron chi connectivity index (χ1n) is 6.66. The zero-order chi connectivity index (χ0) is 11.5. The van der Waals surface area contributed by atoms with E-state index < -0.39 is 0 Å². The molecule has 1 aromatic rings. The number of aryl methyl sites for hydroxylation is 3. The number of hydrogen-bond acceptors (Lipinski definition) is 1. The zero-order valence-electron chi connectivity index (χ0n) is 10.6. The average molecular weight is 217 g/mol. The van der Waals surface area contributed by atoms with Crippen LogP contribution in [0, 0.1) is 0 Å². The van der Waals surface area contributed by atoms with Gasteiger partial charge in [-0.15, -0.1) is 0 Å². The molecule has 0 aliphatic heterocycles. The molecule has 0 bridgehead atoms. The van der Waals surface area contributed by atoms with E-state index in [-0.39, 0.29) is 6.04 Å². The average Bonchev–Trinajstić information content (AvgIpc) is 2.49. The minimum atomic E-state index is 0.272. The molecule has 0 saturated heterocycles. The van der Waals surface area contributed by atoms with Crippen LogP contribution >= 0.6 is 0 Å². The van der Waals surface area contributed by atoms with Crippen LogP contribution in [-0.2, 0) is 19.3 Å².